The molecule has 0 fully saturated rings. The molecule has 0 aromatic heterocycles. The number of benzene rings is 1. The molecule has 0 amide bonds. The van der Waals surface area contributed by atoms with Crippen molar-refractivity contribution in [2.45, 2.75) is 51.1 Å². The van der Waals surface area contributed by atoms with Gasteiger partial charge in [0.2, 0.25) is 10.0 Å². The second-order valence-electron chi connectivity index (χ2n) is 4.78. The van der Waals surface area contributed by atoms with Crippen molar-refractivity contribution in [3.05, 3.63) is 29.8 Å². The minimum absolute atomic E-state index is 0.0557. The molecule has 4 nitrogen and oxygen atoms in total. The highest BCUT2D eigenvalue weighted by molar-refractivity contribution is 7.89. The molecule has 0 spiro atoms. The van der Waals surface area contributed by atoms with Crippen molar-refractivity contribution in [2.75, 3.05) is 6.54 Å². The summed E-state index contributed by atoms with van der Waals surface area (Å²) in [6.07, 6.45) is 0.771. The minimum Gasteiger partial charge on any atom is -0.310 e. The maximum Gasteiger partial charge on any atom is 0.240 e. The molecule has 1 rings (SSSR count). The van der Waals surface area contributed by atoms with Crippen molar-refractivity contribution in [3.63, 3.8) is 0 Å². The normalized spacial score (nSPS) is 15.2. The molecule has 5 heteroatoms. The number of hydrogen-bond acceptors (Lipinski definition) is 3. The molecule has 2 N–H and O–H groups in total. The molecule has 0 radical (unpaired) electrons. The maximum atomic E-state index is 12.2. The third kappa shape index (κ3) is 4.60. The monoisotopic (exact) mass is 284 g/mol. The highest BCUT2D eigenvalue weighted by Gasteiger charge is 2.17. The summed E-state index contributed by atoms with van der Waals surface area (Å²) in [6.45, 7) is 8.72. The van der Waals surface area contributed by atoms with Crippen LogP contribution in [0.2, 0.25) is 0 Å². The van der Waals surface area contributed by atoms with Crippen LogP contribution in [-0.4, -0.2) is 21.0 Å². The molecule has 0 heterocycles. The molecular weight excluding hydrogens is 260 g/mol. The van der Waals surface area contributed by atoms with Crippen molar-refractivity contribution >= 4 is 10.0 Å². The van der Waals surface area contributed by atoms with Crippen LogP contribution >= 0.6 is 0 Å². The van der Waals surface area contributed by atoms with E-state index in [-0.39, 0.29) is 12.1 Å². The Labute approximate surface area is 116 Å². The van der Waals surface area contributed by atoms with Gasteiger partial charge in [0.25, 0.3) is 0 Å². The summed E-state index contributed by atoms with van der Waals surface area (Å²) >= 11 is 0. The van der Waals surface area contributed by atoms with Crippen molar-refractivity contribution in [3.8, 4) is 0 Å². The summed E-state index contributed by atoms with van der Waals surface area (Å²) in [4.78, 5) is 0.329. The van der Waals surface area contributed by atoms with Crippen LogP contribution in [0, 0.1) is 0 Å². The van der Waals surface area contributed by atoms with Crippen molar-refractivity contribution < 1.29 is 8.42 Å². The lowest BCUT2D eigenvalue weighted by atomic mass is 10.1. The zero-order chi connectivity index (χ0) is 14.5. The molecule has 2 unspecified atom stereocenters. The van der Waals surface area contributed by atoms with Crippen molar-refractivity contribution in [1.82, 2.24) is 10.0 Å². The Balaban J connectivity index is 2.98. The van der Waals surface area contributed by atoms with Gasteiger partial charge in [0.1, 0.15) is 0 Å². The lowest BCUT2D eigenvalue weighted by Gasteiger charge is -2.16. The summed E-state index contributed by atoms with van der Waals surface area (Å²) in [5.41, 5.74) is 0.980. The third-order valence-corrected chi connectivity index (χ3v) is 4.73. The van der Waals surface area contributed by atoms with E-state index in [1.807, 2.05) is 33.8 Å². The second-order valence-corrected chi connectivity index (χ2v) is 6.50. The zero-order valence-corrected chi connectivity index (χ0v) is 12.9. The molecule has 0 saturated carbocycles. The molecule has 0 aliphatic rings. The Morgan fingerprint density at radius 1 is 1.21 bits per heavy atom. The van der Waals surface area contributed by atoms with Gasteiger partial charge in [-0.15, -0.1) is 0 Å². The van der Waals surface area contributed by atoms with E-state index in [2.05, 4.69) is 10.0 Å². The number of sulfonamides is 1. The number of rotatable bonds is 7. The van der Waals surface area contributed by atoms with Gasteiger partial charge in [-0.3, -0.25) is 0 Å². The van der Waals surface area contributed by atoms with E-state index in [9.17, 15) is 8.42 Å². The SMILES string of the molecule is CCNC(C)c1cccc(S(=O)(=O)NC(C)CC)c1. The average molecular weight is 284 g/mol. The maximum absolute atomic E-state index is 12.2. The van der Waals surface area contributed by atoms with Gasteiger partial charge in [-0.05, 0) is 44.5 Å². The molecule has 0 bridgehead atoms. The van der Waals surface area contributed by atoms with Crippen LogP contribution < -0.4 is 10.0 Å². The third-order valence-electron chi connectivity index (χ3n) is 3.15. The first-order valence-corrected chi connectivity index (χ1v) is 8.24. The van der Waals surface area contributed by atoms with E-state index in [0.717, 1.165) is 18.5 Å². The van der Waals surface area contributed by atoms with Gasteiger partial charge in [-0.1, -0.05) is 26.0 Å². The summed E-state index contributed by atoms with van der Waals surface area (Å²) in [5, 5.41) is 3.28. The van der Waals surface area contributed by atoms with Gasteiger partial charge in [0.15, 0.2) is 0 Å². The predicted octanol–water partition coefficient (Wildman–Crippen LogP) is 2.43. The standard InChI is InChI=1S/C14H24N2O2S/c1-5-11(3)16-19(17,18)14-9-7-8-13(10-14)12(4)15-6-2/h7-12,15-16H,5-6H2,1-4H3. The van der Waals surface area contributed by atoms with E-state index >= 15 is 0 Å². The minimum atomic E-state index is -3.42. The molecule has 1 aromatic carbocycles. The van der Waals surface area contributed by atoms with Gasteiger partial charge < -0.3 is 5.32 Å². The number of hydrogen-bond donors (Lipinski definition) is 2. The Hall–Kier alpha value is -0.910. The van der Waals surface area contributed by atoms with E-state index in [0.29, 0.717) is 4.90 Å². The molecule has 108 valence electrons. The van der Waals surface area contributed by atoms with Crippen molar-refractivity contribution in [2.24, 2.45) is 0 Å². The molecular formula is C14H24N2O2S. The van der Waals surface area contributed by atoms with Crippen LogP contribution in [-0.2, 0) is 10.0 Å². The quantitative estimate of drug-likeness (QED) is 0.808. The summed E-state index contributed by atoms with van der Waals surface area (Å²) < 4.78 is 27.1. The molecule has 19 heavy (non-hydrogen) atoms. The van der Waals surface area contributed by atoms with Crippen LogP contribution in [0.25, 0.3) is 0 Å². The van der Waals surface area contributed by atoms with Gasteiger partial charge in [0.05, 0.1) is 4.90 Å². The van der Waals surface area contributed by atoms with E-state index in [1.165, 1.54) is 0 Å². The van der Waals surface area contributed by atoms with Crippen LogP contribution in [0.3, 0.4) is 0 Å². The largest absolute Gasteiger partial charge is 0.310 e. The molecule has 0 aliphatic carbocycles. The summed E-state index contributed by atoms with van der Waals surface area (Å²) in [5.74, 6) is 0. The fourth-order valence-electron chi connectivity index (χ4n) is 1.79. The number of nitrogens with one attached hydrogen (secondary N) is 2. The van der Waals surface area contributed by atoms with E-state index in [4.69, 9.17) is 0 Å². The summed E-state index contributed by atoms with van der Waals surface area (Å²) in [7, 11) is -3.42. The van der Waals surface area contributed by atoms with Crippen LogP contribution in [0.5, 0.6) is 0 Å². The lowest BCUT2D eigenvalue weighted by molar-refractivity contribution is 0.555. The Morgan fingerprint density at radius 3 is 2.47 bits per heavy atom. The van der Waals surface area contributed by atoms with Crippen LogP contribution in [0.15, 0.2) is 29.2 Å². The zero-order valence-electron chi connectivity index (χ0n) is 12.1. The first-order valence-electron chi connectivity index (χ1n) is 6.76. The fraction of sp³-hybridized carbons (Fsp3) is 0.571. The van der Waals surface area contributed by atoms with Crippen LogP contribution in [0.1, 0.15) is 45.7 Å². The first-order chi connectivity index (χ1) is 8.90. The Bertz CT molecular complexity index is 500. The predicted molar refractivity (Wildman–Crippen MR) is 78.6 cm³/mol. The van der Waals surface area contributed by atoms with Gasteiger partial charge in [-0.25, -0.2) is 13.1 Å². The molecule has 0 aliphatic heterocycles. The van der Waals surface area contributed by atoms with Crippen molar-refractivity contribution in [1.29, 1.82) is 0 Å². The average Bonchev–Trinajstić information content (AvgIpc) is 2.38. The fourth-order valence-corrected chi connectivity index (χ4v) is 3.17. The van der Waals surface area contributed by atoms with Gasteiger partial charge in [-0.2, -0.15) is 0 Å². The molecule has 2 atom stereocenters. The van der Waals surface area contributed by atoms with E-state index < -0.39 is 10.0 Å². The first kappa shape index (κ1) is 16.1. The topological polar surface area (TPSA) is 58.2 Å². The van der Waals surface area contributed by atoms with Gasteiger partial charge in [0, 0.05) is 12.1 Å². The second kappa shape index (κ2) is 7.03. The molecule has 0 saturated heterocycles. The van der Waals surface area contributed by atoms with Crippen LogP contribution in [0.4, 0.5) is 0 Å². The lowest BCUT2D eigenvalue weighted by Crippen LogP contribution is -2.32. The highest BCUT2D eigenvalue weighted by Crippen LogP contribution is 2.17. The smallest absolute Gasteiger partial charge is 0.240 e. The summed E-state index contributed by atoms with van der Waals surface area (Å²) in [6, 6.07) is 7.18. The highest BCUT2D eigenvalue weighted by atomic mass is 32.2. The molecule has 1 aromatic rings. The Kier molecular flexibility index (Phi) is 5.97. The van der Waals surface area contributed by atoms with Gasteiger partial charge >= 0.3 is 0 Å². The Morgan fingerprint density at radius 2 is 1.89 bits per heavy atom. The van der Waals surface area contributed by atoms with E-state index in [1.54, 1.807) is 18.2 Å².